The minimum Gasteiger partial charge on any atom is -0.333 e. The van der Waals surface area contributed by atoms with Crippen LogP contribution in [0.3, 0.4) is 0 Å². The van der Waals surface area contributed by atoms with Crippen LogP contribution in [0.5, 0.6) is 0 Å². The van der Waals surface area contributed by atoms with Crippen LogP contribution in [0.15, 0.2) is 0 Å². The van der Waals surface area contributed by atoms with Crippen molar-refractivity contribution in [3.8, 4) is 0 Å². The number of carbonyl (C=O) groups excluding carboxylic acids is 1. The fourth-order valence-electron chi connectivity index (χ4n) is 2.44. The molecule has 0 saturated carbocycles. The zero-order valence-corrected chi connectivity index (χ0v) is 9.46. The van der Waals surface area contributed by atoms with Gasteiger partial charge in [0.1, 0.15) is 0 Å². The SMILES string of the molecule is CCC1CN(CC2CCCNC2)C(=O)N1. The number of amides is 2. The fourth-order valence-corrected chi connectivity index (χ4v) is 2.44. The number of urea groups is 1. The average molecular weight is 211 g/mol. The van der Waals surface area contributed by atoms with Crippen LogP contribution >= 0.6 is 0 Å². The summed E-state index contributed by atoms with van der Waals surface area (Å²) in [7, 11) is 0. The van der Waals surface area contributed by atoms with Crippen molar-refractivity contribution in [3.05, 3.63) is 0 Å². The van der Waals surface area contributed by atoms with E-state index in [0.29, 0.717) is 12.0 Å². The largest absolute Gasteiger partial charge is 0.333 e. The van der Waals surface area contributed by atoms with Crippen molar-refractivity contribution < 1.29 is 4.79 Å². The predicted octanol–water partition coefficient (Wildman–Crippen LogP) is 0.790. The summed E-state index contributed by atoms with van der Waals surface area (Å²) in [6, 6.07) is 0.501. The maximum atomic E-state index is 11.6. The highest BCUT2D eigenvalue weighted by Crippen LogP contribution is 2.15. The Morgan fingerprint density at radius 2 is 2.40 bits per heavy atom. The second-order valence-corrected chi connectivity index (χ2v) is 4.67. The molecule has 0 aromatic rings. The normalized spacial score (nSPS) is 31.8. The molecule has 2 saturated heterocycles. The molecule has 0 aromatic heterocycles. The quantitative estimate of drug-likeness (QED) is 0.725. The van der Waals surface area contributed by atoms with Crippen molar-refractivity contribution in [1.82, 2.24) is 15.5 Å². The lowest BCUT2D eigenvalue weighted by Gasteiger charge is -2.26. The van der Waals surface area contributed by atoms with Gasteiger partial charge in [0.05, 0.1) is 0 Å². The van der Waals surface area contributed by atoms with Crippen LogP contribution in [0, 0.1) is 5.92 Å². The monoisotopic (exact) mass is 211 g/mol. The van der Waals surface area contributed by atoms with E-state index in [9.17, 15) is 4.79 Å². The van der Waals surface area contributed by atoms with E-state index in [1.807, 2.05) is 4.90 Å². The van der Waals surface area contributed by atoms with Gasteiger partial charge in [-0.2, -0.15) is 0 Å². The van der Waals surface area contributed by atoms with Gasteiger partial charge < -0.3 is 15.5 Å². The number of carbonyl (C=O) groups is 1. The Hall–Kier alpha value is -0.770. The molecule has 0 bridgehead atoms. The minimum atomic E-state index is 0.132. The first kappa shape index (κ1) is 10.7. The van der Waals surface area contributed by atoms with Crippen molar-refractivity contribution in [3.63, 3.8) is 0 Å². The Labute approximate surface area is 91.4 Å². The summed E-state index contributed by atoms with van der Waals surface area (Å²) >= 11 is 0. The summed E-state index contributed by atoms with van der Waals surface area (Å²) < 4.78 is 0. The average Bonchev–Trinajstić information content (AvgIpc) is 2.61. The van der Waals surface area contributed by atoms with Crippen molar-refractivity contribution in [2.45, 2.75) is 32.2 Å². The zero-order chi connectivity index (χ0) is 10.7. The lowest BCUT2D eigenvalue weighted by Crippen LogP contribution is -2.39. The molecule has 0 spiro atoms. The highest BCUT2D eigenvalue weighted by Gasteiger charge is 2.29. The molecule has 0 aromatic carbocycles. The maximum absolute atomic E-state index is 11.6. The highest BCUT2D eigenvalue weighted by atomic mass is 16.2. The Bertz CT molecular complexity index is 226. The van der Waals surface area contributed by atoms with Crippen LogP contribution < -0.4 is 10.6 Å². The van der Waals surface area contributed by atoms with E-state index in [-0.39, 0.29) is 6.03 Å². The van der Waals surface area contributed by atoms with Crippen LogP contribution in [0.4, 0.5) is 4.79 Å². The van der Waals surface area contributed by atoms with Gasteiger partial charge in [-0.05, 0) is 38.3 Å². The molecule has 0 radical (unpaired) electrons. The molecule has 2 aliphatic heterocycles. The van der Waals surface area contributed by atoms with E-state index >= 15 is 0 Å². The first-order chi connectivity index (χ1) is 7.29. The Morgan fingerprint density at radius 3 is 3.00 bits per heavy atom. The van der Waals surface area contributed by atoms with Gasteiger partial charge in [0.2, 0.25) is 0 Å². The van der Waals surface area contributed by atoms with E-state index in [1.54, 1.807) is 0 Å². The third-order valence-corrected chi connectivity index (χ3v) is 3.43. The number of nitrogens with one attached hydrogen (secondary N) is 2. The molecule has 2 heterocycles. The van der Waals surface area contributed by atoms with Crippen molar-refractivity contribution in [2.75, 3.05) is 26.2 Å². The summed E-state index contributed by atoms with van der Waals surface area (Å²) in [6.07, 6.45) is 3.54. The molecule has 86 valence electrons. The van der Waals surface area contributed by atoms with Crippen LogP contribution in [0.1, 0.15) is 26.2 Å². The molecule has 0 aliphatic carbocycles. The van der Waals surface area contributed by atoms with Gasteiger partial charge in [-0.15, -0.1) is 0 Å². The topological polar surface area (TPSA) is 44.4 Å². The molecule has 2 aliphatic rings. The number of nitrogens with zero attached hydrogens (tertiary/aromatic N) is 1. The van der Waals surface area contributed by atoms with E-state index in [4.69, 9.17) is 0 Å². The highest BCUT2D eigenvalue weighted by molar-refractivity contribution is 5.76. The van der Waals surface area contributed by atoms with E-state index in [0.717, 1.165) is 32.6 Å². The fraction of sp³-hybridized carbons (Fsp3) is 0.909. The molecule has 4 heteroatoms. The zero-order valence-electron chi connectivity index (χ0n) is 9.46. The number of hydrogen-bond acceptors (Lipinski definition) is 2. The van der Waals surface area contributed by atoms with Gasteiger partial charge in [-0.1, -0.05) is 6.92 Å². The molecule has 15 heavy (non-hydrogen) atoms. The third-order valence-electron chi connectivity index (χ3n) is 3.43. The van der Waals surface area contributed by atoms with Crippen LogP contribution in [0.25, 0.3) is 0 Å². The number of hydrogen-bond donors (Lipinski definition) is 2. The van der Waals surface area contributed by atoms with Crippen LogP contribution in [0.2, 0.25) is 0 Å². The summed E-state index contributed by atoms with van der Waals surface area (Å²) in [5, 5.41) is 6.40. The lowest BCUT2D eigenvalue weighted by molar-refractivity contribution is 0.202. The summed E-state index contributed by atoms with van der Waals surface area (Å²) in [4.78, 5) is 13.6. The standard InChI is InChI=1S/C11H21N3O/c1-2-10-8-14(11(15)13-10)7-9-4-3-5-12-6-9/h9-10,12H,2-8H2,1H3,(H,13,15). The van der Waals surface area contributed by atoms with Gasteiger partial charge in [-0.3, -0.25) is 0 Å². The lowest BCUT2D eigenvalue weighted by atomic mass is 9.99. The molecule has 2 fully saturated rings. The molecule has 2 N–H and O–H groups in total. The Kier molecular flexibility index (Phi) is 3.46. The molecule has 2 atom stereocenters. The van der Waals surface area contributed by atoms with Gasteiger partial charge in [0.15, 0.2) is 0 Å². The Morgan fingerprint density at radius 1 is 1.53 bits per heavy atom. The van der Waals surface area contributed by atoms with E-state index < -0.39 is 0 Å². The number of piperidine rings is 1. The van der Waals surface area contributed by atoms with Gasteiger partial charge in [0, 0.05) is 19.1 Å². The van der Waals surface area contributed by atoms with Crippen molar-refractivity contribution >= 4 is 6.03 Å². The summed E-state index contributed by atoms with van der Waals surface area (Å²) in [5.74, 6) is 0.653. The molecule has 2 rings (SSSR count). The van der Waals surface area contributed by atoms with Gasteiger partial charge in [0.25, 0.3) is 0 Å². The van der Waals surface area contributed by atoms with Gasteiger partial charge in [-0.25, -0.2) is 4.79 Å². The molecular formula is C11H21N3O. The smallest absolute Gasteiger partial charge is 0.317 e. The minimum absolute atomic E-state index is 0.132. The second-order valence-electron chi connectivity index (χ2n) is 4.67. The molecule has 2 amide bonds. The summed E-state index contributed by atoms with van der Waals surface area (Å²) in [6.45, 7) is 6.15. The number of rotatable bonds is 3. The molecule has 2 unspecified atom stereocenters. The van der Waals surface area contributed by atoms with Crippen LogP contribution in [-0.2, 0) is 0 Å². The van der Waals surface area contributed by atoms with Crippen molar-refractivity contribution in [1.29, 1.82) is 0 Å². The molecular weight excluding hydrogens is 190 g/mol. The van der Waals surface area contributed by atoms with E-state index in [1.165, 1.54) is 12.8 Å². The van der Waals surface area contributed by atoms with E-state index in [2.05, 4.69) is 17.6 Å². The third kappa shape index (κ3) is 2.62. The van der Waals surface area contributed by atoms with Crippen molar-refractivity contribution in [2.24, 2.45) is 5.92 Å². The predicted molar refractivity (Wildman–Crippen MR) is 59.8 cm³/mol. The second kappa shape index (κ2) is 4.84. The summed E-state index contributed by atoms with van der Waals surface area (Å²) in [5.41, 5.74) is 0. The first-order valence-corrected chi connectivity index (χ1v) is 6.05. The van der Waals surface area contributed by atoms with Gasteiger partial charge >= 0.3 is 6.03 Å². The maximum Gasteiger partial charge on any atom is 0.317 e. The Balaban J connectivity index is 1.81. The molecule has 4 nitrogen and oxygen atoms in total. The van der Waals surface area contributed by atoms with Crippen LogP contribution in [-0.4, -0.2) is 43.2 Å². The first-order valence-electron chi connectivity index (χ1n) is 6.05.